The van der Waals surface area contributed by atoms with E-state index in [0.29, 0.717) is 30.9 Å². The van der Waals surface area contributed by atoms with Crippen molar-refractivity contribution in [1.82, 2.24) is 19.8 Å². The van der Waals surface area contributed by atoms with Gasteiger partial charge in [0.2, 0.25) is 0 Å². The van der Waals surface area contributed by atoms with Crippen LogP contribution < -0.4 is 21.3 Å². The Kier molecular flexibility index (Phi) is 10.6. The van der Waals surface area contributed by atoms with E-state index >= 15 is 0 Å². The van der Waals surface area contributed by atoms with Gasteiger partial charge in [-0.1, -0.05) is 30.3 Å². The predicted octanol–water partition coefficient (Wildman–Crippen LogP) is 2.46. The van der Waals surface area contributed by atoms with Crippen LogP contribution in [0.2, 0.25) is 0 Å². The minimum Gasteiger partial charge on any atom is -0.494 e. The zero-order valence-corrected chi connectivity index (χ0v) is 25.1. The van der Waals surface area contributed by atoms with Crippen molar-refractivity contribution in [3.63, 3.8) is 0 Å². The molecule has 2 aromatic carbocycles. The molecular formula is C32H40N4O8. The van der Waals surface area contributed by atoms with Crippen LogP contribution in [-0.2, 0) is 11.3 Å². The molecule has 1 aliphatic rings. The van der Waals surface area contributed by atoms with E-state index in [0.717, 1.165) is 5.56 Å². The average molecular weight is 609 g/mol. The van der Waals surface area contributed by atoms with Gasteiger partial charge in [0.1, 0.15) is 17.5 Å². The highest BCUT2D eigenvalue weighted by atomic mass is 16.6. The second kappa shape index (κ2) is 14.4. The maximum atomic E-state index is 13.7. The van der Waals surface area contributed by atoms with Gasteiger partial charge in [0.25, 0.3) is 11.5 Å². The summed E-state index contributed by atoms with van der Waals surface area (Å²) in [5.74, 6) is -0.233. The summed E-state index contributed by atoms with van der Waals surface area (Å²) < 4.78 is 12.2. The molecule has 1 aliphatic carbocycles. The number of H-pyrrole nitrogens is 1. The zero-order valence-electron chi connectivity index (χ0n) is 25.1. The largest absolute Gasteiger partial charge is 0.494 e. The molecule has 1 saturated carbocycles. The lowest BCUT2D eigenvalue weighted by Gasteiger charge is -2.28. The van der Waals surface area contributed by atoms with Gasteiger partial charge < -0.3 is 29.9 Å². The minimum absolute atomic E-state index is 0.128. The number of nitrogens with one attached hydrogen (secondary N) is 2. The molecule has 0 spiro atoms. The molecule has 2 amide bonds. The number of carbonyl (C=O) groups is 2. The van der Waals surface area contributed by atoms with Gasteiger partial charge in [-0.3, -0.25) is 19.1 Å². The van der Waals surface area contributed by atoms with Gasteiger partial charge in [0.15, 0.2) is 0 Å². The van der Waals surface area contributed by atoms with E-state index in [4.69, 9.17) is 9.47 Å². The van der Waals surface area contributed by atoms with Crippen LogP contribution in [0.3, 0.4) is 0 Å². The predicted molar refractivity (Wildman–Crippen MR) is 162 cm³/mol. The van der Waals surface area contributed by atoms with Crippen LogP contribution in [0.15, 0.2) is 76.4 Å². The van der Waals surface area contributed by atoms with Gasteiger partial charge in [-0.2, -0.15) is 0 Å². The molecule has 0 radical (unpaired) electrons. The molecule has 12 nitrogen and oxygen atoms in total. The quantitative estimate of drug-likeness (QED) is 0.241. The Balaban J connectivity index is 1.40. The van der Waals surface area contributed by atoms with Crippen molar-refractivity contribution in [2.75, 3.05) is 19.7 Å². The van der Waals surface area contributed by atoms with Gasteiger partial charge in [0, 0.05) is 43.4 Å². The standard InChI is InChI=1S/C32H40N4O8/c1-32(2,3)44-31(42)33-15-7-17-43-24-12-10-22(11-13-24)29(40)35(19-21-8-5-4-6-9-21)20-23-18-25(28(39)27(23)38)36-16-14-26(37)34-30(36)41/h4-6,8-14,16,23,25,27-28,38-39H,7,15,17-20H2,1-3H3,(H,33,42)(H,34,37,41)/t23-,25+,27+,28+/m0/s1. The summed E-state index contributed by atoms with van der Waals surface area (Å²) in [5, 5.41) is 24.4. The molecule has 0 unspecified atom stereocenters. The third kappa shape index (κ3) is 8.80. The van der Waals surface area contributed by atoms with Crippen LogP contribution in [0.4, 0.5) is 4.79 Å². The van der Waals surface area contributed by atoms with Crippen LogP contribution in [0, 0.1) is 5.92 Å². The summed E-state index contributed by atoms with van der Waals surface area (Å²) in [5.41, 5.74) is -0.485. The molecule has 4 rings (SSSR count). The molecule has 0 aliphatic heterocycles. The number of amides is 2. The number of aliphatic hydroxyl groups is 2. The van der Waals surface area contributed by atoms with Crippen molar-refractivity contribution in [3.8, 4) is 5.75 Å². The number of aromatic amines is 1. The van der Waals surface area contributed by atoms with E-state index in [2.05, 4.69) is 10.3 Å². The van der Waals surface area contributed by atoms with Gasteiger partial charge in [-0.25, -0.2) is 9.59 Å². The molecule has 1 fully saturated rings. The number of ether oxygens (including phenoxy) is 2. The van der Waals surface area contributed by atoms with Crippen LogP contribution in [0.25, 0.3) is 0 Å². The zero-order chi connectivity index (χ0) is 31.9. The number of hydrogen-bond donors (Lipinski definition) is 4. The highest BCUT2D eigenvalue weighted by Crippen LogP contribution is 2.35. The number of aliphatic hydroxyl groups excluding tert-OH is 2. The van der Waals surface area contributed by atoms with E-state index in [-0.39, 0.29) is 25.4 Å². The van der Waals surface area contributed by atoms with E-state index in [1.807, 2.05) is 30.3 Å². The van der Waals surface area contributed by atoms with Gasteiger partial charge >= 0.3 is 11.8 Å². The summed E-state index contributed by atoms with van der Waals surface area (Å²) in [4.78, 5) is 53.1. The molecule has 1 aromatic heterocycles. The molecule has 1 heterocycles. The fraction of sp³-hybridized carbons (Fsp3) is 0.438. The number of benzene rings is 2. The van der Waals surface area contributed by atoms with Crippen LogP contribution in [0.5, 0.6) is 5.75 Å². The molecule has 12 heteroatoms. The second-order valence-corrected chi connectivity index (χ2v) is 11.9. The van der Waals surface area contributed by atoms with Gasteiger partial charge in [-0.15, -0.1) is 0 Å². The van der Waals surface area contributed by atoms with Crippen LogP contribution in [-0.4, -0.2) is 74.2 Å². The third-order valence-corrected chi connectivity index (χ3v) is 7.30. The van der Waals surface area contributed by atoms with E-state index < -0.39 is 47.1 Å². The van der Waals surface area contributed by atoms with E-state index in [9.17, 15) is 29.4 Å². The number of carbonyl (C=O) groups excluding carboxylic acids is 2. The molecule has 0 saturated heterocycles. The van der Waals surface area contributed by atoms with Gasteiger partial charge in [-0.05, 0) is 63.4 Å². The Morgan fingerprint density at radius 1 is 1.02 bits per heavy atom. The maximum Gasteiger partial charge on any atom is 0.407 e. The monoisotopic (exact) mass is 608 g/mol. The van der Waals surface area contributed by atoms with Crippen molar-refractivity contribution in [3.05, 3.63) is 98.8 Å². The second-order valence-electron chi connectivity index (χ2n) is 11.9. The fourth-order valence-electron chi connectivity index (χ4n) is 5.19. The van der Waals surface area contributed by atoms with Crippen molar-refractivity contribution in [2.45, 2.75) is 64.0 Å². The van der Waals surface area contributed by atoms with E-state index in [1.54, 1.807) is 49.9 Å². The van der Waals surface area contributed by atoms with Crippen LogP contribution in [0.1, 0.15) is 55.6 Å². The van der Waals surface area contributed by atoms with Crippen molar-refractivity contribution < 1.29 is 29.3 Å². The van der Waals surface area contributed by atoms with Crippen molar-refractivity contribution >= 4 is 12.0 Å². The molecule has 0 bridgehead atoms. The molecule has 236 valence electrons. The van der Waals surface area contributed by atoms with Crippen LogP contribution >= 0.6 is 0 Å². The number of hydrogen-bond acceptors (Lipinski definition) is 8. The summed E-state index contributed by atoms with van der Waals surface area (Å²) in [6.45, 7) is 6.52. The van der Waals surface area contributed by atoms with Crippen molar-refractivity contribution in [1.29, 1.82) is 0 Å². The van der Waals surface area contributed by atoms with E-state index in [1.165, 1.54) is 16.8 Å². The number of rotatable bonds is 11. The topological polar surface area (TPSA) is 163 Å². The summed E-state index contributed by atoms with van der Waals surface area (Å²) >= 11 is 0. The fourth-order valence-corrected chi connectivity index (χ4v) is 5.19. The number of alkyl carbamates (subject to hydrolysis) is 1. The average Bonchev–Trinajstić information content (AvgIpc) is 3.24. The number of nitrogens with zero attached hydrogens (tertiary/aromatic N) is 2. The molecule has 4 N–H and O–H groups in total. The SMILES string of the molecule is CC(C)(C)OC(=O)NCCCOc1ccc(C(=O)N(Cc2ccccc2)C[C@@H]2C[C@@H](n3ccc(=O)[nH]c3=O)[C@@H](O)[C@@H]2O)cc1. The van der Waals surface area contributed by atoms with Gasteiger partial charge in [0.05, 0.1) is 18.8 Å². The summed E-state index contributed by atoms with van der Waals surface area (Å²) in [6, 6.07) is 16.6. The Bertz CT molecular complexity index is 1510. The highest BCUT2D eigenvalue weighted by molar-refractivity contribution is 5.94. The maximum absolute atomic E-state index is 13.7. The third-order valence-electron chi connectivity index (χ3n) is 7.30. The highest BCUT2D eigenvalue weighted by Gasteiger charge is 2.43. The lowest BCUT2D eigenvalue weighted by atomic mass is 10.0. The number of aromatic nitrogens is 2. The Hall–Kier alpha value is -4.42. The molecule has 3 aromatic rings. The summed E-state index contributed by atoms with van der Waals surface area (Å²) in [7, 11) is 0. The molecule has 44 heavy (non-hydrogen) atoms. The van der Waals surface area contributed by atoms with Crippen molar-refractivity contribution in [2.24, 2.45) is 5.92 Å². The smallest absolute Gasteiger partial charge is 0.407 e. The first-order valence-electron chi connectivity index (χ1n) is 14.6. The summed E-state index contributed by atoms with van der Waals surface area (Å²) in [6.07, 6.45) is -0.841. The first-order chi connectivity index (χ1) is 20.9. The normalized spacial score (nSPS) is 19.8. The lowest BCUT2D eigenvalue weighted by molar-refractivity contribution is -0.000551. The lowest BCUT2D eigenvalue weighted by Crippen LogP contribution is -2.39. The Morgan fingerprint density at radius 3 is 2.39 bits per heavy atom. The molecule has 4 atom stereocenters. The molecular weight excluding hydrogens is 568 g/mol. The first-order valence-corrected chi connectivity index (χ1v) is 14.6. The Labute approximate surface area is 255 Å². The Morgan fingerprint density at radius 2 is 1.73 bits per heavy atom. The first kappa shape index (κ1) is 32.5. The minimum atomic E-state index is -1.26.